The monoisotopic (exact) mass is 463 g/mol. The van der Waals surface area contributed by atoms with Crippen molar-refractivity contribution in [3.8, 4) is 5.75 Å². The molecule has 166 valence electrons. The first-order valence-electron chi connectivity index (χ1n) is 10.6. The molecule has 2 aliphatic carbocycles. The molecule has 0 fully saturated rings. The Labute approximate surface area is 187 Å². The highest BCUT2D eigenvalue weighted by Crippen LogP contribution is 2.45. The molecule has 2 aliphatic rings. The maximum atomic E-state index is 13.3. The summed E-state index contributed by atoms with van der Waals surface area (Å²) in [6.07, 6.45) is 5.99. The summed E-state index contributed by atoms with van der Waals surface area (Å²) >= 11 is 5.92. The van der Waals surface area contributed by atoms with Crippen LogP contribution < -0.4 is 10.5 Å². The zero-order valence-corrected chi connectivity index (χ0v) is 18.7. The summed E-state index contributed by atoms with van der Waals surface area (Å²) in [5.74, 6) is -0.857. The number of nitrogens with two attached hydrogens (primary N) is 1. The highest BCUT2D eigenvalue weighted by Gasteiger charge is 2.38. The van der Waals surface area contributed by atoms with Crippen LogP contribution in [0.4, 0.5) is 0 Å². The maximum absolute atomic E-state index is 13.3. The van der Waals surface area contributed by atoms with Crippen molar-refractivity contribution in [1.82, 2.24) is 0 Å². The quantitative estimate of drug-likeness (QED) is 0.673. The summed E-state index contributed by atoms with van der Waals surface area (Å²) in [6, 6.07) is 8.04. The molecule has 6 nitrogen and oxygen atoms in total. The summed E-state index contributed by atoms with van der Waals surface area (Å²) in [6.45, 7) is -0.426. The van der Waals surface area contributed by atoms with Gasteiger partial charge in [0, 0.05) is 10.9 Å². The minimum absolute atomic E-state index is 0.156. The predicted molar refractivity (Wildman–Crippen MR) is 119 cm³/mol. The van der Waals surface area contributed by atoms with Crippen LogP contribution in [0.1, 0.15) is 53.9 Å². The molecule has 3 N–H and O–H groups in total. The number of halogens is 1. The van der Waals surface area contributed by atoms with Crippen molar-refractivity contribution < 1.29 is 23.1 Å². The number of carbonyl (C=O) groups is 1. The van der Waals surface area contributed by atoms with Crippen molar-refractivity contribution in [3.05, 3.63) is 57.6 Å². The highest BCUT2D eigenvalue weighted by atomic mass is 35.5. The van der Waals surface area contributed by atoms with E-state index in [4.69, 9.17) is 27.2 Å². The highest BCUT2D eigenvalue weighted by molar-refractivity contribution is 7.92. The second kappa shape index (κ2) is 8.81. The Hall–Kier alpha value is -2.09. The van der Waals surface area contributed by atoms with Crippen LogP contribution in [0.25, 0.3) is 0 Å². The van der Waals surface area contributed by atoms with E-state index in [0.29, 0.717) is 17.2 Å². The standard InChI is InChI=1S/C23H26ClNO5S/c24-15-8-10-16(11-9-15)31(28,29)23(25)19-7-3-6-18-20(30-13-21(26)27)12-14-4-1-2-5-17(14)22(18)19/h8-12,19,23H,1-7,13,25H2,(H,26,27). The summed E-state index contributed by atoms with van der Waals surface area (Å²) in [4.78, 5) is 11.2. The van der Waals surface area contributed by atoms with Gasteiger partial charge >= 0.3 is 5.97 Å². The van der Waals surface area contributed by atoms with Gasteiger partial charge in [-0.1, -0.05) is 11.6 Å². The molecule has 0 aromatic heterocycles. The molecule has 0 aliphatic heterocycles. The maximum Gasteiger partial charge on any atom is 0.341 e. The van der Waals surface area contributed by atoms with E-state index < -0.39 is 27.8 Å². The van der Waals surface area contributed by atoms with Gasteiger partial charge in [0.1, 0.15) is 11.1 Å². The fourth-order valence-electron chi connectivity index (χ4n) is 4.90. The van der Waals surface area contributed by atoms with Crippen molar-refractivity contribution in [1.29, 1.82) is 0 Å². The number of carboxylic acid groups (broad SMARTS) is 1. The van der Waals surface area contributed by atoms with Gasteiger partial charge in [-0.25, -0.2) is 13.2 Å². The normalized spacial score (nSPS) is 19.2. The Bertz CT molecular complexity index is 1100. The van der Waals surface area contributed by atoms with E-state index in [1.54, 1.807) is 12.1 Å². The van der Waals surface area contributed by atoms with Crippen LogP contribution in [-0.2, 0) is 33.9 Å². The molecule has 2 unspecified atom stereocenters. The van der Waals surface area contributed by atoms with Crippen LogP contribution in [0.15, 0.2) is 35.2 Å². The average molecular weight is 464 g/mol. The lowest BCUT2D eigenvalue weighted by atomic mass is 9.75. The zero-order chi connectivity index (χ0) is 22.2. The molecule has 0 bridgehead atoms. The first-order chi connectivity index (χ1) is 14.8. The fraction of sp³-hybridized carbons (Fsp3) is 0.435. The average Bonchev–Trinajstić information content (AvgIpc) is 2.76. The van der Waals surface area contributed by atoms with E-state index in [1.165, 1.54) is 17.7 Å². The fourth-order valence-corrected chi connectivity index (χ4v) is 6.56. The number of carboxylic acids is 1. The van der Waals surface area contributed by atoms with Crippen LogP contribution in [-0.4, -0.2) is 31.5 Å². The van der Waals surface area contributed by atoms with Gasteiger partial charge in [0.25, 0.3) is 0 Å². The van der Waals surface area contributed by atoms with Crippen molar-refractivity contribution in [2.75, 3.05) is 6.61 Å². The predicted octanol–water partition coefficient (Wildman–Crippen LogP) is 3.86. The second-order valence-electron chi connectivity index (χ2n) is 8.26. The molecule has 0 radical (unpaired) electrons. The SMILES string of the molecule is NC(C1CCCc2c(OCC(=O)O)cc3c(c21)CCCC3)S(=O)(=O)c1ccc(Cl)cc1. The van der Waals surface area contributed by atoms with Crippen LogP contribution in [0.5, 0.6) is 5.75 Å². The Balaban J connectivity index is 1.79. The molecule has 8 heteroatoms. The molecule has 0 amide bonds. The molecule has 2 aromatic rings. The number of ether oxygens (including phenoxy) is 1. The minimum Gasteiger partial charge on any atom is -0.482 e. The molecule has 0 spiro atoms. The number of benzene rings is 2. The molecule has 0 saturated heterocycles. The van der Waals surface area contributed by atoms with Gasteiger partial charge in [0.2, 0.25) is 0 Å². The Morgan fingerprint density at radius 2 is 1.81 bits per heavy atom. The molecule has 0 heterocycles. The van der Waals surface area contributed by atoms with Gasteiger partial charge < -0.3 is 15.6 Å². The Morgan fingerprint density at radius 3 is 2.52 bits per heavy atom. The first kappa shape index (κ1) is 22.1. The summed E-state index contributed by atoms with van der Waals surface area (Å²) in [7, 11) is -3.78. The van der Waals surface area contributed by atoms with E-state index in [0.717, 1.165) is 55.2 Å². The lowest BCUT2D eigenvalue weighted by molar-refractivity contribution is -0.139. The van der Waals surface area contributed by atoms with Gasteiger partial charge in [-0.05, 0) is 97.5 Å². The molecule has 0 saturated carbocycles. The summed E-state index contributed by atoms with van der Waals surface area (Å²) < 4.78 is 32.3. The largest absolute Gasteiger partial charge is 0.482 e. The van der Waals surface area contributed by atoms with Crippen LogP contribution >= 0.6 is 11.6 Å². The van der Waals surface area contributed by atoms with E-state index in [9.17, 15) is 13.2 Å². The van der Waals surface area contributed by atoms with Crippen LogP contribution in [0, 0.1) is 0 Å². The van der Waals surface area contributed by atoms with Crippen molar-refractivity contribution >= 4 is 27.4 Å². The van der Waals surface area contributed by atoms with E-state index in [1.807, 2.05) is 6.07 Å². The number of fused-ring (bicyclic) bond motifs is 3. The smallest absolute Gasteiger partial charge is 0.341 e. The zero-order valence-electron chi connectivity index (χ0n) is 17.1. The van der Waals surface area contributed by atoms with Crippen LogP contribution in [0.3, 0.4) is 0 Å². The number of aryl methyl sites for hydroxylation is 1. The van der Waals surface area contributed by atoms with Gasteiger partial charge in [-0.3, -0.25) is 0 Å². The molecule has 2 aromatic carbocycles. The van der Waals surface area contributed by atoms with Crippen molar-refractivity contribution in [2.24, 2.45) is 5.73 Å². The molecular weight excluding hydrogens is 438 g/mol. The molecule has 2 atom stereocenters. The first-order valence-corrected chi connectivity index (χ1v) is 12.5. The summed E-state index contributed by atoms with van der Waals surface area (Å²) in [5.41, 5.74) is 10.6. The number of sulfone groups is 1. The third kappa shape index (κ3) is 4.31. The van der Waals surface area contributed by atoms with E-state index in [2.05, 4.69) is 0 Å². The number of aliphatic carboxylic acids is 1. The van der Waals surface area contributed by atoms with Crippen molar-refractivity contribution in [3.63, 3.8) is 0 Å². The van der Waals surface area contributed by atoms with Gasteiger partial charge in [-0.15, -0.1) is 0 Å². The lowest BCUT2D eigenvalue weighted by Crippen LogP contribution is -2.39. The van der Waals surface area contributed by atoms with Gasteiger partial charge in [-0.2, -0.15) is 0 Å². The second-order valence-corrected chi connectivity index (χ2v) is 10.8. The van der Waals surface area contributed by atoms with Gasteiger partial charge in [0.15, 0.2) is 16.4 Å². The molecular formula is C23H26ClNO5S. The Kier molecular flexibility index (Phi) is 6.28. The minimum atomic E-state index is -3.78. The van der Waals surface area contributed by atoms with E-state index >= 15 is 0 Å². The van der Waals surface area contributed by atoms with E-state index in [-0.39, 0.29) is 10.8 Å². The third-order valence-electron chi connectivity index (χ3n) is 6.32. The van der Waals surface area contributed by atoms with Gasteiger partial charge in [0.05, 0.1) is 4.90 Å². The number of hydrogen-bond acceptors (Lipinski definition) is 5. The lowest BCUT2D eigenvalue weighted by Gasteiger charge is -2.35. The topological polar surface area (TPSA) is 107 Å². The number of rotatable bonds is 6. The molecule has 4 rings (SSSR count). The molecule has 31 heavy (non-hydrogen) atoms. The Morgan fingerprint density at radius 1 is 1.13 bits per heavy atom. The summed E-state index contributed by atoms with van der Waals surface area (Å²) in [5, 5.41) is 8.44. The third-order valence-corrected chi connectivity index (χ3v) is 8.55. The number of hydrogen-bond donors (Lipinski definition) is 2. The van der Waals surface area contributed by atoms with Crippen molar-refractivity contribution in [2.45, 2.75) is 61.1 Å². The van der Waals surface area contributed by atoms with Crippen LogP contribution in [0.2, 0.25) is 5.02 Å².